The number of carbonyl (C=O) groups is 1. The van der Waals surface area contributed by atoms with Crippen molar-refractivity contribution in [1.29, 1.82) is 0 Å². The molecule has 27 heavy (non-hydrogen) atoms. The van der Waals surface area contributed by atoms with Crippen LogP contribution in [-0.4, -0.2) is 26.1 Å². The molecule has 0 bridgehead atoms. The van der Waals surface area contributed by atoms with Gasteiger partial charge in [0.05, 0.1) is 10.6 Å². The first-order valence-electron chi connectivity index (χ1n) is 7.43. The van der Waals surface area contributed by atoms with Gasteiger partial charge in [-0.05, 0) is 35.5 Å². The van der Waals surface area contributed by atoms with Gasteiger partial charge in [0.25, 0.3) is 0 Å². The summed E-state index contributed by atoms with van der Waals surface area (Å²) in [4.78, 5) is 13.0. The molecular weight excluding hydrogens is 390 g/mol. The Balaban J connectivity index is 1.66. The second-order valence-electron chi connectivity index (χ2n) is 5.40. The van der Waals surface area contributed by atoms with Gasteiger partial charge < -0.3 is 5.32 Å². The van der Waals surface area contributed by atoms with Gasteiger partial charge in [0.2, 0.25) is 11.7 Å². The summed E-state index contributed by atoms with van der Waals surface area (Å²) in [5.74, 6) is -1.07. The number of tetrazole rings is 1. The zero-order valence-electron chi connectivity index (χ0n) is 13.3. The molecule has 11 heteroatoms. The van der Waals surface area contributed by atoms with Gasteiger partial charge in [0.1, 0.15) is 12.4 Å². The standard InChI is InChI=1S/C16H10ClF4N5O/c17-12-7-11(5-6-13(12)18)22-14(27)8-26-24-15(23-25-26)9-1-3-10(4-2-9)16(19,20)21/h1-7H,8H2,(H,22,27). The highest BCUT2D eigenvalue weighted by Crippen LogP contribution is 2.30. The first-order valence-corrected chi connectivity index (χ1v) is 7.80. The molecule has 1 N–H and O–H groups in total. The van der Waals surface area contributed by atoms with Crippen molar-refractivity contribution in [3.63, 3.8) is 0 Å². The predicted molar refractivity (Wildman–Crippen MR) is 88.3 cm³/mol. The molecule has 0 saturated carbocycles. The summed E-state index contributed by atoms with van der Waals surface area (Å²) in [5.41, 5.74) is -0.189. The lowest BCUT2D eigenvalue weighted by Gasteiger charge is -2.06. The van der Waals surface area contributed by atoms with Gasteiger partial charge >= 0.3 is 6.18 Å². The maximum atomic E-state index is 13.1. The number of amides is 1. The first-order chi connectivity index (χ1) is 12.7. The molecule has 0 aliphatic heterocycles. The second-order valence-corrected chi connectivity index (χ2v) is 5.80. The van der Waals surface area contributed by atoms with Crippen LogP contribution in [-0.2, 0) is 17.5 Å². The largest absolute Gasteiger partial charge is 0.416 e. The maximum absolute atomic E-state index is 13.1. The molecule has 0 spiro atoms. The minimum atomic E-state index is -4.44. The van der Waals surface area contributed by atoms with Crippen LogP contribution < -0.4 is 5.32 Å². The summed E-state index contributed by atoms with van der Waals surface area (Å²) >= 11 is 5.63. The average Bonchev–Trinajstić information content (AvgIpc) is 3.06. The van der Waals surface area contributed by atoms with E-state index in [1.54, 1.807) is 0 Å². The van der Waals surface area contributed by atoms with Gasteiger partial charge in [-0.15, -0.1) is 10.2 Å². The van der Waals surface area contributed by atoms with E-state index in [0.717, 1.165) is 23.0 Å². The highest BCUT2D eigenvalue weighted by atomic mass is 35.5. The Morgan fingerprint density at radius 3 is 2.48 bits per heavy atom. The topological polar surface area (TPSA) is 72.7 Å². The molecule has 2 aromatic carbocycles. The van der Waals surface area contributed by atoms with Crippen LogP contribution >= 0.6 is 11.6 Å². The molecule has 3 aromatic rings. The molecule has 0 unspecified atom stereocenters. The summed E-state index contributed by atoms with van der Waals surface area (Å²) in [6.07, 6.45) is -4.44. The normalized spacial score (nSPS) is 11.4. The van der Waals surface area contributed by atoms with Gasteiger partial charge in [0.15, 0.2) is 0 Å². The number of hydrogen-bond acceptors (Lipinski definition) is 4. The third kappa shape index (κ3) is 4.59. The SMILES string of the molecule is O=C(Cn1nnc(-c2ccc(C(F)(F)F)cc2)n1)Nc1ccc(F)c(Cl)c1. The third-order valence-corrected chi connectivity index (χ3v) is 3.70. The smallest absolute Gasteiger partial charge is 0.324 e. The summed E-state index contributed by atoms with van der Waals surface area (Å²) in [5, 5.41) is 13.7. The number of benzene rings is 2. The predicted octanol–water partition coefficient (Wildman–Crippen LogP) is 3.79. The zero-order chi connectivity index (χ0) is 19.6. The Hall–Kier alpha value is -3.01. The molecule has 1 aromatic heterocycles. The highest BCUT2D eigenvalue weighted by Gasteiger charge is 2.30. The van der Waals surface area contributed by atoms with Crippen LogP contribution in [0.25, 0.3) is 11.4 Å². The zero-order valence-corrected chi connectivity index (χ0v) is 14.1. The molecular formula is C16H10ClF4N5O. The molecule has 0 saturated heterocycles. The van der Waals surface area contributed by atoms with Crippen LogP contribution in [0.2, 0.25) is 5.02 Å². The molecule has 0 radical (unpaired) electrons. The summed E-state index contributed by atoms with van der Waals surface area (Å²) in [6.45, 7) is -0.303. The van der Waals surface area contributed by atoms with E-state index in [1.165, 1.54) is 24.3 Å². The lowest BCUT2D eigenvalue weighted by molar-refractivity contribution is -0.137. The summed E-state index contributed by atoms with van der Waals surface area (Å²) < 4.78 is 50.8. The molecule has 1 amide bonds. The minimum Gasteiger partial charge on any atom is -0.324 e. The highest BCUT2D eigenvalue weighted by molar-refractivity contribution is 6.31. The van der Waals surface area contributed by atoms with E-state index >= 15 is 0 Å². The Kier molecular flexibility index (Phi) is 5.08. The van der Waals surface area contributed by atoms with Crippen molar-refractivity contribution in [3.8, 4) is 11.4 Å². The molecule has 140 valence electrons. The average molecular weight is 400 g/mol. The second kappa shape index (κ2) is 7.31. The molecule has 1 heterocycles. The minimum absolute atomic E-state index is 0.0707. The van der Waals surface area contributed by atoms with Crippen LogP contribution in [0.1, 0.15) is 5.56 Å². The third-order valence-electron chi connectivity index (χ3n) is 3.41. The van der Waals surface area contributed by atoms with E-state index in [0.29, 0.717) is 5.56 Å². The Labute approximate surface area is 154 Å². The van der Waals surface area contributed by atoms with E-state index in [9.17, 15) is 22.4 Å². The van der Waals surface area contributed by atoms with Gasteiger partial charge in [0, 0.05) is 11.3 Å². The van der Waals surface area contributed by atoms with E-state index in [4.69, 9.17) is 11.6 Å². The lowest BCUT2D eigenvalue weighted by atomic mass is 10.1. The Bertz CT molecular complexity index is 972. The lowest BCUT2D eigenvalue weighted by Crippen LogP contribution is -2.20. The van der Waals surface area contributed by atoms with E-state index < -0.39 is 23.5 Å². The molecule has 0 aliphatic carbocycles. The van der Waals surface area contributed by atoms with Crippen LogP contribution in [0, 0.1) is 5.82 Å². The van der Waals surface area contributed by atoms with Crippen molar-refractivity contribution in [2.45, 2.75) is 12.7 Å². The molecule has 3 rings (SSSR count). The fraction of sp³-hybridized carbons (Fsp3) is 0.125. The van der Waals surface area contributed by atoms with Crippen molar-refractivity contribution in [1.82, 2.24) is 20.2 Å². The number of carbonyl (C=O) groups excluding carboxylic acids is 1. The van der Waals surface area contributed by atoms with Gasteiger partial charge in [-0.1, -0.05) is 23.7 Å². The molecule has 0 atom stereocenters. The van der Waals surface area contributed by atoms with Crippen LogP contribution in [0.5, 0.6) is 0 Å². The quantitative estimate of drug-likeness (QED) is 0.677. The number of anilines is 1. The van der Waals surface area contributed by atoms with Gasteiger partial charge in [-0.3, -0.25) is 4.79 Å². The number of nitrogens with zero attached hydrogens (tertiary/aromatic N) is 4. The van der Waals surface area contributed by atoms with E-state index in [2.05, 4.69) is 20.7 Å². The number of rotatable bonds is 4. The van der Waals surface area contributed by atoms with Crippen molar-refractivity contribution >= 4 is 23.2 Å². The first kappa shape index (κ1) is 18.8. The van der Waals surface area contributed by atoms with Crippen molar-refractivity contribution in [2.24, 2.45) is 0 Å². The summed E-state index contributed by atoms with van der Waals surface area (Å²) in [7, 11) is 0. The number of hydrogen-bond donors (Lipinski definition) is 1. The Morgan fingerprint density at radius 1 is 1.15 bits per heavy atom. The van der Waals surface area contributed by atoms with Crippen LogP contribution in [0.4, 0.5) is 23.2 Å². The number of aromatic nitrogens is 4. The monoisotopic (exact) mass is 399 g/mol. The summed E-state index contributed by atoms with van der Waals surface area (Å²) in [6, 6.07) is 7.92. The van der Waals surface area contributed by atoms with Gasteiger partial charge in [-0.2, -0.15) is 18.0 Å². The van der Waals surface area contributed by atoms with Crippen LogP contribution in [0.3, 0.4) is 0 Å². The van der Waals surface area contributed by atoms with Crippen molar-refractivity contribution < 1.29 is 22.4 Å². The van der Waals surface area contributed by atoms with E-state index in [1.807, 2.05) is 0 Å². The van der Waals surface area contributed by atoms with E-state index in [-0.39, 0.29) is 23.1 Å². The van der Waals surface area contributed by atoms with Gasteiger partial charge in [-0.25, -0.2) is 4.39 Å². The number of alkyl halides is 3. The molecule has 0 aliphatic rings. The maximum Gasteiger partial charge on any atom is 0.416 e. The number of halogens is 5. The van der Waals surface area contributed by atoms with Crippen LogP contribution in [0.15, 0.2) is 42.5 Å². The fourth-order valence-corrected chi connectivity index (χ4v) is 2.32. The number of nitrogens with one attached hydrogen (secondary N) is 1. The Morgan fingerprint density at radius 2 is 1.85 bits per heavy atom. The van der Waals surface area contributed by atoms with Crippen molar-refractivity contribution in [3.05, 3.63) is 58.9 Å². The fourth-order valence-electron chi connectivity index (χ4n) is 2.14. The van der Waals surface area contributed by atoms with Crippen molar-refractivity contribution in [2.75, 3.05) is 5.32 Å². The molecule has 6 nitrogen and oxygen atoms in total. The molecule has 0 fully saturated rings.